The van der Waals surface area contributed by atoms with E-state index in [4.69, 9.17) is 0 Å². The zero-order valence-electron chi connectivity index (χ0n) is 8.60. The van der Waals surface area contributed by atoms with Crippen LogP contribution in [0.5, 0.6) is 0 Å². The van der Waals surface area contributed by atoms with E-state index in [-0.39, 0.29) is 5.91 Å². The van der Waals surface area contributed by atoms with E-state index in [0.29, 0.717) is 10.7 Å². The first kappa shape index (κ1) is 10.6. The molecule has 0 aliphatic heterocycles. The van der Waals surface area contributed by atoms with E-state index in [1.807, 2.05) is 12.3 Å². The molecule has 2 rings (SSSR count). The Kier molecular flexibility index (Phi) is 3.11. The van der Waals surface area contributed by atoms with E-state index in [9.17, 15) is 4.79 Å². The van der Waals surface area contributed by atoms with Gasteiger partial charge in [0.15, 0.2) is 0 Å². The van der Waals surface area contributed by atoms with E-state index >= 15 is 0 Å². The summed E-state index contributed by atoms with van der Waals surface area (Å²) < 4.78 is 0. The maximum Gasteiger partial charge on any atom is 0.271 e. The Balaban J connectivity index is 1.94. The standard InChI is InChI=1S/C10H10N4OS/c1-7-6-16-10(12-7)14-13-9(15)8-3-2-4-11-5-8/h2-6H,1H3,(H,12,14)(H,13,15). The quantitative estimate of drug-likeness (QED) is 0.792. The highest BCUT2D eigenvalue weighted by Crippen LogP contribution is 2.12. The normalized spacial score (nSPS) is 9.81. The number of thiazole rings is 1. The van der Waals surface area contributed by atoms with Crippen LogP contribution in [0.2, 0.25) is 0 Å². The topological polar surface area (TPSA) is 66.9 Å². The third-order valence-electron chi connectivity index (χ3n) is 1.83. The minimum atomic E-state index is -0.235. The van der Waals surface area contributed by atoms with Gasteiger partial charge in [0.2, 0.25) is 5.13 Å². The van der Waals surface area contributed by atoms with Crippen LogP contribution in [0.15, 0.2) is 29.9 Å². The van der Waals surface area contributed by atoms with Gasteiger partial charge in [0.1, 0.15) is 0 Å². The number of nitrogens with one attached hydrogen (secondary N) is 2. The lowest BCUT2D eigenvalue weighted by molar-refractivity contribution is 0.0962. The maximum absolute atomic E-state index is 11.6. The number of amides is 1. The molecule has 2 aromatic rings. The van der Waals surface area contributed by atoms with Crippen LogP contribution >= 0.6 is 11.3 Å². The third kappa shape index (κ3) is 2.54. The van der Waals surface area contributed by atoms with Crippen LogP contribution < -0.4 is 10.9 Å². The van der Waals surface area contributed by atoms with Crippen molar-refractivity contribution in [1.82, 2.24) is 15.4 Å². The molecule has 6 heteroatoms. The van der Waals surface area contributed by atoms with Gasteiger partial charge in [0, 0.05) is 17.8 Å². The molecule has 5 nitrogen and oxygen atoms in total. The van der Waals surface area contributed by atoms with Gasteiger partial charge in [0.05, 0.1) is 11.3 Å². The summed E-state index contributed by atoms with van der Waals surface area (Å²) >= 11 is 1.43. The average molecular weight is 234 g/mol. The van der Waals surface area contributed by atoms with Crippen molar-refractivity contribution < 1.29 is 4.79 Å². The number of aryl methyl sites for hydroxylation is 1. The van der Waals surface area contributed by atoms with Crippen molar-refractivity contribution in [3.05, 3.63) is 41.2 Å². The van der Waals surface area contributed by atoms with Gasteiger partial charge < -0.3 is 0 Å². The second kappa shape index (κ2) is 4.71. The van der Waals surface area contributed by atoms with Gasteiger partial charge in [-0.25, -0.2) is 4.98 Å². The summed E-state index contributed by atoms with van der Waals surface area (Å²) in [4.78, 5) is 19.6. The van der Waals surface area contributed by atoms with Crippen molar-refractivity contribution in [1.29, 1.82) is 0 Å². The smallest absolute Gasteiger partial charge is 0.271 e. The van der Waals surface area contributed by atoms with E-state index in [1.54, 1.807) is 18.3 Å². The molecular formula is C10H10N4OS. The summed E-state index contributed by atoms with van der Waals surface area (Å²) in [5, 5.41) is 2.56. The number of hydrogen-bond donors (Lipinski definition) is 2. The van der Waals surface area contributed by atoms with Gasteiger partial charge in [-0.3, -0.25) is 20.6 Å². The molecule has 0 atom stereocenters. The van der Waals surface area contributed by atoms with Crippen molar-refractivity contribution in [2.75, 3.05) is 5.43 Å². The molecule has 2 heterocycles. The summed E-state index contributed by atoms with van der Waals surface area (Å²) in [6.45, 7) is 1.89. The van der Waals surface area contributed by atoms with E-state index < -0.39 is 0 Å². The molecule has 0 fully saturated rings. The Hall–Kier alpha value is -1.95. The molecule has 0 unspecified atom stereocenters. The van der Waals surface area contributed by atoms with E-state index in [0.717, 1.165) is 5.69 Å². The number of hydrogen-bond acceptors (Lipinski definition) is 5. The highest BCUT2D eigenvalue weighted by atomic mass is 32.1. The number of hydrazine groups is 1. The number of nitrogens with zero attached hydrogens (tertiary/aromatic N) is 2. The Morgan fingerprint density at radius 3 is 3.00 bits per heavy atom. The molecule has 0 aromatic carbocycles. The first-order valence-electron chi connectivity index (χ1n) is 4.64. The monoisotopic (exact) mass is 234 g/mol. The van der Waals surface area contributed by atoms with Gasteiger partial charge in [-0.05, 0) is 19.1 Å². The summed E-state index contributed by atoms with van der Waals surface area (Å²) in [5.74, 6) is -0.235. The van der Waals surface area contributed by atoms with Crippen LogP contribution in [0.3, 0.4) is 0 Å². The lowest BCUT2D eigenvalue weighted by Gasteiger charge is -2.04. The van der Waals surface area contributed by atoms with Crippen molar-refractivity contribution >= 4 is 22.4 Å². The van der Waals surface area contributed by atoms with Crippen LogP contribution in [-0.4, -0.2) is 15.9 Å². The summed E-state index contributed by atoms with van der Waals surface area (Å²) in [6.07, 6.45) is 3.12. The molecule has 2 N–H and O–H groups in total. The molecule has 0 aliphatic rings. The lowest BCUT2D eigenvalue weighted by atomic mass is 10.3. The molecule has 0 bridgehead atoms. The minimum absolute atomic E-state index is 0.235. The highest BCUT2D eigenvalue weighted by Gasteiger charge is 2.04. The van der Waals surface area contributed by atoms with Crippen molar-refractivity contribution in [3.8, 4) is 0 Å². The van der Waals surface area contributed by atoms with Gasteiger partial charge in [0.25, 0.3) is 5.91 Å². The van der Waals surface area contributed by atoms with Crippen LogP contribution in [0.1, 0.15) is 16.1 Å². The zero-order valence-corrected chi connectivity index (χ0v) is 9.41. The van der Waals surface area contributed by atoms with Gasteiger partial charge in [-0.2, -0.15) is 0 Å². The minimum Gasteiger partial charge on any atom is -0.273 e. The predicted octanol–water partition coefficient (Wildman–Crippen LogP) is 1.60. The SMILES string of the molecule is Cc1csc(NNC(=O)c2cccnc2)n1. The third-order valence-corrected chi connectivity index (χ3v) is 2.70. The second-order valence-corrected chi connectivity index (χ2v) is 3.97. The van der Waals surface area contributed by atoms with Gasteiger partial charge >= 0.3 is 0 Å². The number of aromatic nitrogens is 2. The van der Waals surface area contributed by atoms with Gasteiger partial charge in [-0.15, -0.1) is 11.3 Å². The Morgan fingerprint density at radius 1 is 1.50 bits per heavy atom. The number of pyridine rings is 1. The molecular weight excluding hydrogens is 224 g/mol. The van der Waals surface area contributed by atoms with Crippen LogP contribution in [-0.2, 0) is 0 Å². The Bertz CT molecular complexity index is 483. The van der Waals surface area contributed by atoms with Gasteiger partial charge in [-0.1, -0.05) is 0 Å². The number of rotatable bonds is 3. The zero-order chi connectivity index (χ0) is 11.4. The largest absolute Gasteiger partial charge is 0.273 e. The number of carbonyl (C=O) groups is 1. The molecule has 0 radical (unpaired) electrons. The first-order chi connectivity index (χ1) is 7.75. The van der Waals surface area contributed by atoms with E-state index in [2.05, 4.69) is 20.8 Å². The van der Waals surface area contributed by atoms with Crippen LogP contribution in [0, 0.1) is 6.92 Å². The van der Waals surface area contributed by atoms with Crippen molar-refractivity contribution in [3.63, 3.8) is 0 Å². The molecule has 0 aliphatic carbocycles. The number of carbonyl (C=O) groups excluding carboxylic acids is 1. The molecule has 0 saturated carbocycles. The molecule has 82 valence electrons. The Labute approximate surface area is 96.5 Å². The highest BCUT2D eigenvalue weighted by molar-refractivity contribution is 7.13. The molecule has 16 heavy (non-hydrogen) atoms. The maximum atomic E-state index is 11.6. The summed E-state index contributed by atoms with van der Waals surface area (Å²) in [6, 6.07) is 3.40. The fraction of sp³-hybridized carbons (Fsp3) is 0.100. The van der Waals surface area contributed by atoms with Crippen LogP contribution in [0.25, 0.3) is 0 Å². The predicted molar refractivity (Wildman–Crippen MR) is 62.2 cm³/mol. The van der Waals surface area contributed by atoms with Crippen LogP contribution in [0.4, 0.5) is 5.13 Å². The molecule has 1 amide bonds. The van der Waals surface area contributed by atoms with Crippen molar-refractivity contribution in [2.24, 2.45) is 0 Å². The van der Waals surface area contributed by atoms with Crippen molar-refractivity contribution in [2.45, 2.75) is 6.92 Å². The molecule has 0 saturated heterocycles. The lowest BCUT2D eigenvalue weighted by Crippen LogP contribution is -2.29. The molecule has 0 spiro atoms. The summed E-state index contributed by atoms with van der Waals surface area (Å²) in [5.41, 5.74) is 6.71. The Morgan fingerprint density at radius 2 is 2.38 bits per heavy atom. The fourth-order valence-electron chi connectivity index (χ4n) is 1.09. The first-order valence-corrected chi connectivity index (χ1v) is 5.52. The summed E-state index contributed by atoms with van der Waals surface area (Å²) in [7, 11) is 0. The van der Waals surface area contributed by atoms with E-state index in [1.165, 1.54) is 17.5 Å². The average Bonchev–Trinajstić information content (AvgIpc) is 2.73. The second-order valence-electron chi connectivity index (χ2n) is 3.11. The molecule has 2 aromatic heterocycles. The number of anilines is 1. The fourth-order valence-corrected chi connectivity index (χ4v) is 1.73.